The molecule has 0 aliphatic rings. The van der Waals surface area contributed by atoms with Gasteiger partial charge in [0.25, 0.3) is 0 Å². The summed E-state index contributed by atoms with van der Waals surface area (Å²) >= 11 is 1.51. The Labute approximate surface area is 120 Å². The van der Waals surface area contributed by atoms with Crippen molar-refractivity contribution < 1.29 is 9.90 Å². The highest BCUT2D eigenvalue weighted by molar-refractivity contribution is 7.13. The van der Waals surface area contributed by atoms with Crippen molar-refractivity contribution in [3.8, 4) is 21.8 Å². The van der Waals surface area contributed by atoms with Crippen molar-refractivity contribution in [2.75, 3.05) is 0 Å². The summed E-state index contributed by atoms with van der Waals surface area (Å²) in [5, 5.41) is 11.8. The van der Waals surface area contributed by atoms with Crippen LogP contribution in [0.5, 0.6) is 0 Å². The molecule has 3 aromatic rings. The first-order chi connectivity index (χ1) is 9.74. The lowest BCUT2D eigenvalue weighted by Gasteiger charge is -1.99. The average molecular weight is 281 g/mol. The third kappa shape index (κ3) is 2.46. The standard InChI is InChI=1S/C16H11NO2S/c18-16(19)13-8-4-7-12(9-13)15-17-14(10-20-15)11-5-2-1-3-6-11/h1-10H,(H,18,19). The number of carboxylic acids is 1. The van der Waals surface area contributed by atoms with Crippen LogP contribution in [-0.4, -0.2) is 16.1 Å². The van der Waals surface area contributed by atoms with E-state index in [1.807, 2.05) is 41.8 Å². The minimum absolute atomic E-state index is 0.277. The summed E-state index contributed by atoms with van der Waals surface area (Å²) in [6, 6.07) is 16.8. The Kier molecular flexibility index (Phi) is 3.31. The Morgan fingerprint density at radius 1 is 1.00 bits per heavy atom. The van der Waals surface area contributed by atoms with Crippen LogP contribution in [0.25, 0.3) is 21.8 Å². The summed E-state index contributed by atoms with van der Waals surface area (Å²) in [4.78, 5) is 15.6. The molecule has 0 saturated carbocycles. The molecule has 4 heteroatoms. The minimum atomic E-state index is -0.924. The van der Waals surface area contributed by atoms with Crippen LogP contribution < -0.4 is 0 Å². The molecule has 1 heterocycles. The number of carboxylic acid groups (broad SMARTS) is 1. The zero-order chi connectivity index (χ0) is 13.9. The van der Waals surface area contributed by atoms with Crippen molar-refractivity contribution in [3.63, 3.8) is 0 Å². The summed E-state index contributed by atoms with van der Waals surface area (Å²) in [5.41, 5.74) is 3.08. The number of nitrogens with zero attached hydrogens (tertiary/aromatic N) is 1. The molecule has 0 amide bonds. The van der Waals surface area contributed by atoms with Gasteiger partial charge in [-0.2, -0.15) is 0 Å². The summed E-state index contributed by atoms with van der Waals surface area (Å²) in [7, 11) is 0. The second-order valence-electron chi connectivity index (χ2n) is 4.29. The first kappa shape index (κ1) is 12.6. The Morgan fingerprint density at radius 2 is 1.75 bits per heavy atom. The maximum absolute atomic E-state index is 11.0. The van der Waals surface area contributed by atoms with Gasteiger partial charge < -0.3 is 5.11 Å². The Balaban J connectivity index is 1.98. The van der Waals surface area contributed by atoms with E-state index in [4.69, 9.17) is 5.11 Å². The second-order valence-corrected chi connectivity index (χ2v) is 5.15. The molecule has 0 bridgehead atoms. The van der Waals surface area contributed by atoms with Crippen LogP contribution >= 0.6 is 11.3 Å². The van der Waals surface area contributed by atoms with Crippen molar-refractivity contribution in [3.05, 3.63) is 65.5 Å². The molecule has 98 valence electrons. The predicted octanol–water partition coefficient (Wildman–Crippen LogP) is 4.18. The zero-order valence-corrected chi connectivity index (χ0v) is 11.3. The van der Waals surface area contributed by atoms with E-state index in [1.165, 1.54) is 11.3 Å². The molecule has 1 N–H and O–H groups in total. The van der Waals surface area contributed by atoms with E-state index in [-0.39, 0.29) is 5.56 Å². The number of aromatic nitrogens is 1. The molecular weight excluding hydrogens is 270 g/mol. The third-order valence-electron chi connectivity index (χ3n) is 2.93. The van der Waals surface area contributed by atoms with Gasteiger partial charge >= 0.3 is 5.97 Å². The van der Waals surface area contributed by atoms with Crippen molar-refractivity contribution in [2.45, 2.75) is 0 Å². The molecule has 0 atom stereocenters. The van der Waals surface area contributed by atoms with Crippen LogP contribution in [0.2, 0.25) is 0 Å². The van der Waals surface area contributed by atoms with E-state index >= 15 is 0 Å². The fourth-order valence-corrected chi connectivity index (χ4v) is 2.76. The number of carbonyl (C=O) groups is 1. The molecule has 0 spiro atoms. The molecule has 0 unspecified atom stereocenters. The van der Waals surface area contributed by atoms with Crippen LogP contribution in [0.15, 0.2) is 60.0 Å². The van der Waals surface area contributed by atoms with Gasteiger partial charge in [-0.05, 0) is 12.1 Å². The number of hydrogen-bond donors (Lipinski definition) is 1. The number of thiazole rings is 1. The number of aromatic carboxylic acids is 1. The maximum Gasteiger partial charge on any atom is 0.335 e. The quantitative estimate of drug-likeness (QED) is 0.783. The lowest BCUT2D eigenvalue weighted by atomic mass is 10.1. The largest absolute Gasteiger partial charge is 0.478 e. The smallest absolute Gasteiger partial charge is 0.335 e. The van der Waals surface area contributed by atoms with Gasteiger partial charge in [-0.25, -0.2) is 9.78 Å². The van der Waals surface area contributed by atoms with E-state index < -0.39 is 5.97 Å². The molecule has 0 saturated heterocycles. The molecule has 0 radical (unpaired) electrons. The topological polar surface area (TPSA) is 50.2 Å². The Morgan fingerprint density at radius 3 is 2.50 bits per heavy atom. The molecule has 1 aromatic heterocycles. The van der Waals surface area contributed by atoms with Gasteiger partial charge in [0.2, 0.25) is 0 Å². The average Bonchev–Trinajstić information content (AvgIpc) is 2.98. The van der Waals surface area contributed by atoms with Gasteiger partial charge in [0.1, 0.15) is 5.01 Å². The van der Waals surface area contributed by atoms with Crippen LogP contribution in [-0.2, 0) is 0 Å². The highest BCUT2D eigenvalue weighted by Crippen LogP contribution is 2.29. The summed E-state index contributed by atoms with van der Waals surface area (Å²) in [6.07, 6.45) is 0. The van der Waals surface area contributed by atoms with E-state index in [0.717, 1.165) is 21.8 Å². The van der Waals surface area contributed by atoms with Crippen molar-refractivity contribution >= 4 is 17.3 Å². The SMILES string of the molecule is O=C(O)c1cccc(-c2nc(-c3ccccc3)cs2)c1. The fourth-order valence-electron chi connectivity index (χ4n) is 1.93. The van der Waals surface area contributed by atoms with Gasteiger partial charge in [-0.1, -0.05) is 42.5 Å². The van der Waals surface area contributed by atoms with Crippen LogP contribution in [0, 0.1) is 0 Å². The van der Waals surface area contributed by atoms with E-state index in [2.05, 4.69) is 4.98 Å². The number of rotatable bonds is 3. The van der Waals surface area contributed by atoms with Crippen LogP contribution in [0.3, 0.4) is 0 Å². The van der Waals surface area contributed by atoms with Gasteiger partial charge in [0.15, 0.2) is 0 Å². The molecule has 2 aromatic carbocycles. The highest BCUT2D eigenvalue weighted by atomic mass is 32.1. The predicted molar refractivity (Wildman–Crippen MR) is 79.9 cm³/mol. The number of hydrogen-bond acceptors (Lipinski definition) is 3. The molecule has 0 aliphatic heterocycles. The number of benzene rings is 2. The molecule has 0 aliphatic carbocycles. The molecule has 20 heavy (non-hydrogen) atoms. The molecular formula is C16H11NO2S. The summed E-state index contributed by atoms with van der Waals surface area (Å²) < 4.78 is 0. The van der Waals surface area contributed by atoms with Gasteiger partial charge in [0, 0.05) is 16.5 Å². The fraction of sp³-hybridized carbons (Fsp3) is 0. The van der Waals surface area contributed by atoms with E-state index in [0.29, 0.717) is 0 Å². The third-order valence-corrected chi connectivity index (χ3v) is 3.82. The Hall–Kier alpha value is -2.46. The summed E-state index contributed by atoms with van der Waals surface area (Å²) in [6.45, 7) is 0. The Bertz CT molecular complexity index is 750. The van der Waals surface area contributed by atoms with Crippen LogP contribution in [0.4, 0.5) is 0 Å². The lowest BCUT2D eigenvalue weighted by molar-refractivity contribution is 0.0697. The van der Waals surface area contributed by atoms with Crippen LogP contribution in [0.1, 0.15) is 10.4 Å². The van der Waals surface area contributed by atoms with E-state index in [9.17, 15) is 4.79 Å². The maximum atomic E-state index is 11.0. The van der Waals surface area contributed by atoms with Crippen molar-refractivity contribution in [1.29, 1.82) is 0 Å². The first-order valence-electron chi connectivity index (χ1n) is 6.09. The lowest BCUT2D eigenvalue weighted by Crippen LogP contribution is -1.95. The zero-order valence-electron chi connectivity index (χ0n) is 10.5. The van der Waals surface area contributed by atoms with E-state index in [1.54, 1.807) is 18.2 Å². The molecule has 0 fully saturated rings. The first-order valence-corrected chi connectivity index (χ1v) is 6.97. The van der Waals surface area contributed by atoms with Gasteiger partial charge in [-0.15, -0.1) is 11.3 Å². The monoisotopic (exact) mass is 281 g/mol. The van der Waals surface area contributed by atoms with Gasteiger partial charge in [-0.3, -0.25) is 0 Å². The minimum Gasteiger partial charge on any atom is -0.478 e. The van der Waals surface area contributed by atoms with Gasteiger partial charge in [0.05, 0.1) is 11.3 Å². The summed E-state index contributed by atoms with van der Waals surface area (Å²) in [5.74, 6) is -0.924. The molecule has 3 nitrogen and oxygen atoms in total. The highest BCUT2D eigenvalue weighted by Gasteiger charge is 2.09. The second kappa shape index (κ2) is 5.27. The van der Waals surface area contributed by atoms with Crippen molar-refractivity contribution in [2.24, 2.45) is 0 Å². The molecule has 3 rings (SSSR count). The van der Waals surface area contributed by atoms with Crippen molar-refractivity contribution in [1.82, 2.24) is 4.98 Å². The normalized spacial score (nSPS) is 10.4.